The predicted octanol–water partition coefficient (Wildman–Crippen LogP) is 1.31. The summed E-state index contributed by atoms with van der Waals surface area (Å²) >= 11 is 0. The number of benzene rings is 1. The molecule has 0 aliphatic rings. The van der Waals surface area contributed by atoms with E-state index in [0.717, 1.165) is 5.56 Å². The monoisotopic (exact) mass is 279 g/mol. The van der Waals surface area contributed by atoms with E-state index in [-0.39, 0.29) is 5.41 Å². The number of nitrogens with two attached hydrogens (primary N) is 1. The van der Waals surface area contributed by atoms with Crippen LogP contribution in [-0.4, -0.2) is 18.4 Å². The van der Waals surface area contributed by atoms with Gasteiger partial charge in [0.15, 0.2) is 0 Å². The smallest absolute Gasteiger partial charge is 0.327 e. The van der Waals surface area contributed by atoms with E-state index in [1.165, 1.54) is 0 Å². The summed E-state index contributed by atoms with van der Waals surface area (Å²) in [7, 11) is 0. The van der Waals surface area contributed by atoms with Gasteiger partial charge in [-0.1, -0.05) is 26.8 Å². The average Bonchev–Trinajstić information content (AvgIpc) is 2.36. The van der Waals surface area contributed by atoms with E-state index in [9.17, 15) is 9.59 Å². The summed E-state index contributed by atoms with van der Waals surface area (Å²) in [4.78, 5) is 21.9. The molecule has 1 aromatic rings. The topological polar surface area (TPSA) is 93.4 Å². The fourth-order valence-corrected chi connectivity index (χ4v) is 1.56. The van der Waals surface area contributed by atoms with Gasteiger partial charge in [-0.3, -0.25) is 20.4 Å². The van der Waals surface area contributed by atoms with Crippen molar-refractivity contribution in [1.29, 1.82) is 0 Å². The van der Waals surface area contributed by atoms with Crippen molar-refractivity contribution in [2.75, 3.05) is 12.0 Å². The van der Waals surface area contributed by atoms with Crippen molar-refractivity contribution in [3.05, 3.63) is 23.8 Å². The van der Waals surface area contributed by atoms with E-state index in [1.54, 1.807) is 0 Å². The van der Waals surface area contributed by atoms with E-state index >= 15 is 0 Å². The molecule has 0 unspecified atom stereocenters. The van der Waals surface area contributed by atoms with Gasteiger partial charge in [-0.15, -0.1) is 0 Å². The quantitative estimate of drug-likeness (QED) is 0.572. The second-order valence-electron chi connectivity index (χ2n) is 5.34. The fourth-order valence-electron chi connectivity index (χ4n) is 1.56. The molecule has 0 spiro atoms. The highest BCUT2D eigenvalue weighted by molar-refractivity contribution is 6.34. The molecule has 6 heteroatoms. The van der Waals surface area contributed by atoms with Crippen LogP contribution in [0.1, 0.15) is 33.3 Å². The van der Waals surface area contributed by atoms with Gasteiger partial charge in [0.05, 0.1) is 12.3 Å². The van der Waals surface area contributed by atoms with Crippen molar-refractivity contribution >= 4 is 17.5 Å². The van der Waals surface area contributed by atoms with E-state index in [0.29, 0.717) is 18.0 Å². The van der Waals surface area contributed by atoms with Gasteiger partial charge in [-0.05, 0) is 30.0 Å². The molecule has 2 amide bonds. The summed E-state index contributed by atoms with van der Waals surface area (Å²) in [6.45, 7) is 8.59. The van der Waals surface area contributed by atoms with Crippen LogP contribution in [0.4, 0.5) is 5.69 Å². The molecule has 0 saturated carbocycles. The van der Waals surface area contributed by atoms with Crippen LogP contribution in [0.15, 0.2) is 18.2 Å². The average molecular weight is 279 g/mol. The van der Waals surface area contributed by atoms with E-state index in [1.807, 2.05) is 25.1 Å². The summed E-state index contributed by atoms with van der Waals surface area (Å²) in [5.74, 6) is -1.37. The third-order valence-corrected chi connectivity index (χ3v) is 2.68. The maximum atomic E-state index is 11.2. The summed E-state index contributed by atoms with van der Waals surface area (Å²) in [5, 5.41) is 0. The number of anilines is 1. The molecule has 1 rings (SSSR count). The lowest BCUT2D eigenvalue weighted by Crippen LogP contribution is -2.39. The molecule has 110 valence electrons. The Morgan fingerprint density at radius 3 is 2.45 bits per heavy atom. The maximum absolute atomic E-state index is 11.2. The first-order valence-corrected chi connectivity index (χ1v) is 6.38. The second-order valence-corrected chi connectivity index (χ2v) is 5.34. The minimum atomic E-state index is -1.05. The number of primary amides is 1. The number of hydrogen-bond donors (Lipinski definition) is 3. The zero-order valence-corrected chi connectivity index (χ0v) is 12.2. The Kier molecular flexibility index (Phi) is 4.96. The van der Waals surface area contributed by atoms with Crippen molar-refractivity contribution in [2.45, 2.75) is 33.1 Å². The standard InChI is InChI=1S/C14H21N3O3/c1-5-20-11-7-6-9(14(2,3)4)8-10(11)16-17-13(19)12(15)18/h6-8,16H,5H2,1-4H3,(H2,15,18)(H,17,19). The molecular weight excluding hydrogens is 258 g/mol. The van der Waals surface area contributed by atoms with Gasteiger partial charge >= 0.3 is 11.8 Å². The highest BCUT2D eigenvalue weighted by atomic mass is 16.5. The number of hydrogen-bond acceptors (Lipinski definition) is 4. The third-order valence-electron chi connectivity index (χ3n) is 2.68. The first kappa shape index (κ1) is 15.8. The van der Waals surface area contributed by atoms with Crippen LogP contribution in [0.25, 0.3) is 0 Å². The molecule has 0 bridgehead atoms. The Morgan fingerprint density at radius 2 is 1.95 bits per heavy atom. The van der Waals surface area contributed by atoms with Gasteiger partial charge in [0.25, 0.3) is 0 Å². The van der Waals surface area contributed by atoms with Crippen molar-refractivity contribution in [3.63, 3.8) is 0 Å². The van der Waals surface area contributed by atoms with Gasteiger partial charge in [0, 0.05) is 0 Å². The van der Waals surface area contributed by atoms with Gasteiger partial charge in [-0.2, -0.15) is 0 Å². The molecule has 1 aromatic carbocycles. The SMILES string of the molecule is CCOc1ccc(C(C)(C)C)cc1NNC(=O)C(N)=O. The summed E-state index contributed by atoms with van der Waals surface area (Å²) in [5.41, 5.74) is 11.4. The molecular formula is C14H21N3O3. The molecule has 0 fully saturated rings. The van der Waals surface area contributed by atoms with Gasteiger partial charge in [0.1, 0.15) is 5.75 Å². The Balaban J connectivity index is 3.00. The van der Waals surface area contributed by atoms with Crippen LogP contribution < -0.4 is 21.3 Å². The molecule has 20 heavy (non-hydrogen) atoms. The molecule has 6 nitrogen and oxygen atoms in total. The second kappa shape index (κ2) is 6.27. The van der Waals surface area contributed by atoms with Gasteiger partial charge < -0.3 is 10.5 Å². The highest BCUT2D eigenvalue weighted by Crippen LogP contribution is 2.31. The van der Waals surface area contributed by atoms with Crippen molar-refractivity contribution in [3.8, 4) is 5.75 Å². The Morgan fingerprint density at radius 1 is 1.30 bits per heavy atom. The Labute approximate surface area is 118 Å². The largest absolute Gasteiger partial charge is 0.492 e. The maximum Gasteiger partial charge on any atom is 0.327 e. The molecule has 0 aliphatic heterocycles. The van der Waals surface area contributed by atoms with Crippen LogP contribution in [0.2, 0.25) is 0 Å². The molecule has 0 aromatic heterocycles. The molecule has 0 atom stereocenters. The number of ether oxygens (including phenoxy) is 1. The van der Waals surface area contributed by atoms with Crippen LogP contribution in [0.5, 0.6) is 5.75 Å². The van der Waals surface area contributed by atoms with Crippen LogP contribution in [0, 0.1) is 0 Å². The fraction of sp³-hybridized carbons (Fsp3) is 0.429. The number of carbonyl (C=O) groups excluding carboxylic acids is 2. The zero-order chi connectivity index (χ0) is 15.3. The van der Waals surface area contributed by atoms with Gasteiger partial charge in [0.2, 0.25) is 0 Å². The molecule has 0 radical (unpaired) electrons. The van der Waals surface area contributed by atoms with Crippen LogP contribution in [-0.2, 0) is 15.0 Å². The first-order chi connectivity index (χ1) is 9.25. The number of rotatable bonds is 4. The van der Waals surface area contributed by atoms with Gasteiger partial charge in [-0.25, -0.2) is 0 Å². The first-order valence-electron chi connectivity index (χ1n) is 6.38. The number of nitrogens with one attached hydrogen (secondary N) is 2. The lowest BCUT2D eigenvalue weighted by molar-refractivity contribution is -0.136. The molecule has 0 heterocycles. The van der Waals surface area contributed by atoms with E-state index < -0.39 is 11.8 Å². The van der Waals surface area contributed by atoms with E-state index in [2.05, 4.69) is 31.6 Å². The Hall–Kier alpha value is -2.24. The lowest BCUT2D eigenvalue weighted by Gasteiger charge is -2.21. The highest BCUT2D eigenvalue weighted by Gasteiger charge is 2.17. The normalized spacial score (nSPS) is 10.8. The van der Waals surface area contributed by atoms with Crippen molar-refractivity contribution in [2.24, 2.45) is 5.73 Å². The Bertz CT molecular complexity index is 507. The predicted molar refractivity (Wildman–Crippen MR) is 77.3 cm³/mol. The molecule has 0 saturated heterocycles. The summed E-state index contributed by atoms with van der Waals surface area (Å²) in [6, 6.07) is 5.65. The molecule has 0 aliphatic carbocycles. The molecule has 4 N–H and O–H groups in total. The minimum Gasteiger partial charge on any atom is -0.492 e. The minimum absolute atomic E-state index is 0.0468. The number of carbonyl (C=O) groups is 2. The van der Waals surface area contributed by atoms with Crippen LogP contribution in [0.3, 0.4) is 0 Å². The third kappa shape index (κ3) is 4.15. The van der Waals surface area contributed by atoms with E-state index in [4.69, 9.17) is 10.5 Å². The summed E-state index contributed by atoms with van der Waals surface area (Å²) in [6.07, 6.45) is 0. The zero-order valence-electron chi connectivity index (χ0n) is 12.2. The number of hydrazine groups is 1. The summed E-state index contributed by atoms with van der Waals surface area (Å²) < 4.78 is 5.47. The lowest BCUT2D eigenvalue weighted by atomic mass is 9.87. The van der Waals surface area contributed by atoms with Crippen LogP contribution >= 0.6 is 0 Å². The van der Waals surface area contributed by atoms with Crippen molar-refractivity contribution < 1.29 is 14.3 Å². The number of amides is 2. The van der Waals surface area contributed by atoms with Crippen molar-refractivity contribution in [1.82, 2.24) is 5.43 Å².